The number of hydrogen-bond donors (Lipinski definition) is 2. The summed E-state index contributed by atoms with van der Waals surface area (Å²) >= 11 is 0. The molecule has 1 aliphatic rings. The lowest BCUT2D eigenvalue weighted by atomic mass is 9.94. The van der Waals surface area contributed by atoms with Gasteiger partial charge >= 0.3 is 0 Å². The SMILES string of the molecule is O=C1CCCc2oc3c(O)c(O)ccc3c21. The summed E-state index contributed by atoms with van der Waals surface area (Å²) < 4.78 is 5.44. The number of phenolic OH excluding ortho intramolecular Hbond substituents is 2. The first-order chi connectivity index (χ1) is 7.68. The van der Waals surface area contributed by atoms with Gasteiger partial charge in [-0.05, 0) is 18.6 Å². The van der Waals surface area contributed by atoms with Crippen molar-refractivity contribution in [1.29, 1.82) is 0 Å². The Morgan fingerprint density at radius 2 is 2.00 bits per heavy atom. The fourth-order valence-corrected chi connectivity index (χ4v) is 2.20. The zero-order chi connectivity index (χ0) is 11.3. The minimum absolute atomic E-state index is 0.0464. The maximum Gasteiger partial charge on any atom is 0.201 e. The number of carbonyl (C=O) groups excluding carboxylic acids is 1. The van der Waals surface area contributed by atoms with Crippen molar-refractivity contribution >= 4 is 16.8 Å². The number of hydrogen-bond acceptors (Lipinski definition) is 4. The van der Waals surface area contributed by atoms with E-state index in [1.165, 1.54) is 6.07 Å². The molecular formula is C12H10O4. The fraction of sp³-hybridized carbons (Fsp3) is 0.250. The van der Waals surface area contributed by atoms with Gasteiger partial charge in [0.1, 0.15) is 5.76 Å². The first kappa shape index (κ1) is 9.27. The molecular weight excluding hydrogens is 208 g/mol. The van der Waals surface area contributed by atoms with E-state index in [9.17, 15) is 15.0 Å². The van der Waals surface area contributed by atoms with E-state index < -0.39 is 0 Å². The summed E-state index contributed by atoms with van der Waals surface area (Å²) in [7, 11) is 0. The molecule has 0 saturated carbocycles. The van der Waals surface area contributed by atoms with Gasteiger partial charge in [0, 0.05) is 18.2 Å². The molecule has 0 amide bonds. The van der Waals surface area contributed by atoms with Crippen LogP contribution in [0.4, 0.5) is 0 Å². The molecule has 1 aromatic carbocycles. The maximum atomic E-state index is 11.8. The van der Waals surface area contributed by atoms with Gasteiger partial charge in [0.25, 0.3) is 0 Å². The van der Waals surface area contributed by atoms with Crippen molar-refractivity contribution < 1.29 is 19.4 Å². The van der Waals surface area contributed by atoms with Crippen molar-refractivity contribution in [3.63, 3.8) is 0 Å². The molecule has 0 saturated heterocycles. The van der Waals surface area contributed by atoms with E-state index in [4.69, 9.17) is 4.42 Å². The molecule has 0 spiro atoms. The second kappa shape index (κ2) is 3.01. The molecule has 2 N–H and O–H groups in total. The topological polar surface area (TPSA) is 70.7 Å². The minimum Gasteiger partial charge on any atom is -0.504 e. The van der Waals surface area contributed by atoms with Crippen molar-refractivity contribution in [2.45, 2.75) is 19.3 Å². The highest BCUT2D eigenvalue weighted by molar-refractivity contribution is 6.10. The first-order valence-electron chi connectivity index (χ1n) is 5.18. The maximum absolute atomic E-state index is 11.8. The second-order valence-electron chi connectivity index (χ2n) is 3.99. The lowest BCUT2D eigenvalue weighted by Gasteiger charge is -2.07. The largest absolute Gasteiger partial charge is 0.504 e. The first-order valence-corrected chi connectivity index (χ1v) is 5.18. The van der Waals surface area contributed by atoms with Crippen molar-refractivity contribution in [3.05, 3.63) is 23.5 Å². The van der Waals surface area contributed by atoms with E-state index in [0.29, 0.717) is 29.6 Å². The van der Waals surface area contributed by atoms with Crippen molar-refractivity contribution in [1.82, 2.24) is 0 Å². The molecule has 0 atom stereocenters. The molecule has 1 aliphatic carbocycles. The lowest BCUT2D eigenvalue weighted by Crippen LogP contribution is -2.07. The highest BCUT2D eigenvalue weighted by Crippen LogP contribution is 2.40. The Hall–Kier alpha value is -1.97. The molecule has 2 aromatic rings. The zero-order valence-electron chi connectivity index (χ0n) is 8.49. The summed E-state index contributed by atoms with van der Waals surface area (Å²) in [5.41, 5.74) is 0.775. The average molecular weight is 218 g/mol. The highest BCUT2D eigenvalue weighted by Gasteiger charge is 2.26. The van der Waals surface area contributed by atoms with Gasteiger partial charge in [-0.15, -0.1) is 0 Å². The lowest BCUT2D eigenvalue weighted by molar-refractivity contribution is 0.0971. The number of aryl methyl sites for hydroxylation is 1. The van der Waals surface area contributed by atoms with Gasteiger partial charge in [-0.2, -0.15) is 0 Å². The van der Waals surface area contributed by atoms with Crippen molar-refractivity contribution in [3.8, 4) is 11.5 Å². The van der Waals surface area contributed by atoms with E-state index in [2.05, 4.69) is 0 Å². The molecule has 0 unspecified atom stereocenters. The molecule has 1 heterocycles. The Balaban J connectivity index is 2.41. The molecule has 0 radical (unpaired) electrons. The monoisotopic (exact) mass is 218 g/mol. The number of rotatable bonds is 0. The summed E-state index contributed by atoms with van der Waals surface area (Å²) in [6.45, 7) is 0. The third kappa shape index (κ3) is 1.07. The Morgan fingerprint density at radius 3 is 2.81 bits per heavy atom. The van der Waals surface area contributed by atoms with Crippen LogP contribution in [-0.4, -0.2) is 16.0 Å². The molecule has 3 rings (SSSR count). The van der Waals surface area contributed by atoms with E-state index in [1.54, 1.807) is 6.07 Å². The van der Waals surface area contributed by atoms with Crippen LogP contribution in [-0.2, 0) is 6.42 Å². The van der Waals surface area contributed by atoms with E-state index in [-0.39, 0.29) is 22.9 Å². The molecule has 16 heavy (non-hydrogen) atoms. The molecule has 1 aromatic heterocycles. The molecule has 0 bridgehead atoms. The number of furan rings is 1. The predicted octanol–water partition coefficient (Wildman–Crippen LogP) is 2.36. The van der Waals surface area contributed by atoms with Crippen LogP contribution in [0.1, 0.15) is 29.0 Å². The molecule has 0 fully saturated rings. The number of carbonyl (C=O) groups is 1. The van der Waals surface area contributed by atoms with Crippen LogP contribution in [0.5, 0.6) is 11.5 Å². The fourth-order valence-electron chi connectivity index (χ4n) is 2.20. The van der Waals surface area contributed by atoms with Crippen LogP contribution in [0.2, 0.25) is 0 Å². The van der Waals surface area contributed by atoms with E-state index in [1.807, 2.05) is 0 Å². The van der Waals surface area contributed by atoms with Gasteiger partial charge in [0.05, 0.1) is 5.56 Å². The Labute approximate surface area is 91.1 Å². The standard InChI is InChI=1S/C12H10O4/c13-7-2-1-3-9-10(7)6-4-5-8(14)11(15)12(6)16-9/h4-5,14-15H,1-3H2. The normalized spacial score (nSPS) is 15.4. The minimum atomic E-state index is -0.292. The quantitative estimate of drug-likeness (QED) is 0.666. The van der Waals surface area contributed by atoms with E-state index in [0.717, 1.165) is 6.42 Å². The number of benzene rings is 1. The highest BCUT2D eigenvalue weighted by atomic mass is 16.4. The molecule has 4 nitrogen and oxygen atoms in total. The van der Waals surface area contributed by atoms with Gasteiger partial charge in [-0.1, -0.05) is 0 Å². The predicted molar refractivity (Wildman–Crippen MR) is 56.8 cm³/mol. The molecule has 82 valence electrons. The smallest absolute Gasteiger partial charge is 0.201 e. The van der Waals surface area contributed by atoms with Gasteiger partial charge < -0.3 is 14.6 Å². The van der Waals surface area contributed by atoms with Crippen LogP contribution >= 0.6 is 0 Å². The van der Waals surface area contributed by atoms with Crippen molar-refractivity contribution in [2.75, 3.05) is 0 Å². The van der Waals surface area contributed by atoms with Crippen LogP contribution in [0.3, 0.4) is 0 Å². The van der Waals surface area contributed by atoms with Crippen LogP contribution in [0.25, 0.3) is 11.0 Å². The number of fused-ring (bicyclic) bond motifs is 3. The van der Waals surface area contributed by atoms with Gasteiger partial charge in [0.15, 0.2) is 17.1 Å². The number of ketones is 1. The third-order valence-electron chi connectivity index (χ3n) is 2.97. The third-order valence-corrected chi connectivity index (χ3v) is 2.97. The summed E-state index contributed by atoms with van der Waals surface area (Å²) in [5.74, 6) is 0.142. The summed E-state index contributed by atoms with van der Waals surface area (Å²) in [5, 5.41) is 19.6. The zero-order valence-corrected chi connectivity index (χ0v) is 8.49. The van der Waals surface area contributed by atoms with Crippen LogP contribution in [0.15, 0.2) is 16.5 Å². The molecule has 4 heteroatoms. The Bertz CT molecular complexity index is 595. The number of phenols is 2. The second-order valence-corrected chi connectivity index (χ2v) is 3.99. The number of Topliss-reactive ketones (excluding diaryl/α,β-unsaturated/α-hetero) is 1. The summed E-state index contributed by atoms with van der Waals surface area (Å²) in [4.78, 5) is 11.8. The van der Waals surface area contributed by atoms with Gasteiger partial charge in [-0.25, -0.2) is 0 Å². The van der Waals surface area contributed by atoms with Crippen molar-refractivity contribution in [2.24, 2.45) is 0 Å². The average Bonchev–Trinajstić information content (AvgIpc) is 2.64. The Kier molecular flexibility index (Phi) is 1.74. The molecule has 0 aliphatic heterocycles. The van der Waals surface area contributed by atoms with Gasteiger partial charge in [-0.3, -0.25) is 4.79 Å². The number of aromatic hydroxyl groups is 2. The van der Waals surface area contributed by atoms with E-state index >= 15 is 0 Å². The van der Waals surface area contributed by atoms with Crippen LogP contribution < -0.4 is 0 Å². The van der Waals surface area contributed by atoms with Gasteiger partial charge in [0.2, 0.25) is 5.75 Å². The van der Waals surface area contributed by atoms with Crippen LogP contribution in [0, 0.1) is 0 Å². The Morgan fingerprint density at radius 1 is 1.19 bits per heavy atom. The summed E-state index contributed by atoms with van der Waals surface area (Å²) in [6.07, 6.45) is 2.00. The summed E-state index contributed by atoms with van der Waals surface area (Å²) in [6, 6.07) is 2.98.